The van der Waals surface area contributed by atoms with Gasteiger partial charge in [-0.3, -0.25) is 4.90 Å². The molecular formula is C23H29N5. The van der Waals surface area contributed by atoms with Gasteiger partial charge in [0.15, 0.2) is 0 Å². The van der Waals surface area contributed by atoms with E-state index in [2.05, 4.69) is 32.1 Å². The Morgan fingerprint density at radius 2 is 1.46 bits per heavy atom. The predicted molar refractivity (Wildman–Crippen MR) is 110 cm³/mol. The highest BCUT2D eigenvalue weighted by atomic mass is 15.4. The third-order valence-electron chi connectivity index (χ3n) is 7.86. The monoisotopic (exact) mass is 375 g/mol. The number of benzene rings is 1. The van der Waals surface area contributed by atoms with Crippen LogP contribution >= 0.6 is 0 Å². The summed E-state index contributed by atoms with van der Waals surface area (Å²) in [6, 6.07) is 10.3. The Morgan fingerprint density at radius 1 is 0.821 bits per heavy atom. The summed E-state index contributed by atoms with van der Waals surface area (Å²) in [5, 5.41) is 8.59. The lowest BCUT2D eigenvalue weighted by molar-refractivity contribution is -0.0902. The molecule has 5 fully saturated rings. The van der Waals surface area contributed by atoms with Gasteiger partial charge in [0.2, 0.25) is 5.95 Å². The van der Waals surface area contributed by atoms with Gasteiger partial charge in [-0.2, -0.15) is 5.10 Å². The molecule has 0 spiro atoms. The minimum Gasteiger partial charge on any atom is -0.337 e. The van der Waals surface area contributed by atoms with Crippen LogP contribution in [0.15, 0.2) is 36.5 Å². The number of rotatable bonds is 3. The van der Waals surface area contributed by atoms with E-state index >= 15 is 0 Å². The quantitative estimate of drug-likeness (QED) is 0.820. The molecule has 2 heterocycles. The van der Waals surface area contributed by atoms with E-state index in [0.717, 1.165) is 61.1 Å². The Hall–Kier alpha value is -2.01. The van der Waals surface area contributed by atoms with Gasteiger partial charge < -0.3 is 4.90 Å². The molecule has 4 saturated carbocycles. The minimum atomic E-state index is 0.520. The van der Waals surface area contributed by atoms with Crippen molar-refractivity contribution in [1.29, 1.82) is 0 Å². The fourth-order valence-electron chi connectivity index (χ4n) is 7.01. The molecule has 1 aromatic heterocycles. The first-order valence-electron chi connectivity index (χ1n) is 11.0. The molecule has 1 aromatic carbocycles. The minimum absolute atomic E-state index is 0.520. The number of hydrogen-bond acceptors (Lipinski definition) is 5. The second-order valence-electron chi connectivity index (χ2n) is 9.62. The second kappa shape index (κ2) is 6.51. The molecule has 0 atom stereocenters. The smallest absolute Gasteiger partial charge is 0.245 e. The Kier molecular flexibility index (Phi) is 3.93. The van der Waals surface area contributed by atoms with Crippen LogP contribution in [0.2, 0.25) is 0 Å². The number of aromatic nitrogens is 3. The maximum absolute atomic E-state index is 4.82. The normalized spacial score (nSPS) is 34.7. The van der Waals surface area contributed by atoms with Crippen molar-refractivity contribution in [3.8, 4) is 11.3 Å². The zero-order valence-electron chi connectivity index (χ0n) is 16.5. The van der Waals surface area contributed by atoms with Gasteiger partial charge in [0.05, 0.1) is 11.9 Å². The van der Waals surface area contributed by atoms with Crippen LogP contribution in [0.5, 0.6) is 0 Å². The lowest BCUT2D eigenvalue weighted by Gasteiger charge is -2.61. The number of anilines is 1. The largest absolute Gasteiger partial charge is 0.337 e. The van der Waals surface area contributed by atoms with E-state index in [1.54, 1.807) is 6.20 Å². The van der Waals surface area contributed by atoms with E-state index in [-0.39, 0.29) is 0 Å². The van der Waals surface area contributed by atoms with Crippen LogP contribution in [0.4, 0.5) is 5.95 Å². The van der Waals surface area contributed by atoms with Gasteiger partial charge in [-0.05, 0) is 56.3 Å². The van der Waals surface area contributed by atoms with E-state index in [1.165, 1.54) is 38.5 Å². The fourth-order valence-corrected chi connectivity index (χ4v) is 7.01. The number of piperazine rings is 1. The lowest BCUT2D eigenvalue weighted by Crippen LogP contribution is -2.64. The van der Waals surface area contributed by atoms with Crippen molar-refractivity contribution in [3.63, 3.8) is 0 Å². The average molecular weight is 376 g/mol. The molecule has 5 nitrogen and oxygen atoms in total. The molecule has 4 aliphatic carbocycles. The van der Waals surface area contributed by atoms with Crippen LogP contribution in [0.1, 0.15) is 38.5 Å². The van der Waals surface area contributed by atoms with Crippen LogP contribution in [0, 0.1) is 17.8 Å². The van der Waals surface area contributed by atoms with E-state index in [4.69, 9.17) is 4.98 Å². The highest BCUT2D eigenvalue weighted by molar-refractivity contribution is 5.58. The summed E-state index contributed by atoms with van der Waals surface area (Å²) in [4.78, 5) is 10.00. The average Bonchev–Trinajstić information content (AvgIpc) is 2.74. The lowest BCUT2D eigenvalue weighted by atomic mass is 9.52. The summed E-state index contributed by atoms with van der Waals surface area (Å²) >= 11 is 0. The molecule has 0 radical (unpaired) electrons. The van der Waals surface area contributed by atoms with Gasteiger partial charge in [-0.25, -0.2) is 4.98 Å². The summed E-state index contributed by atoms with van der Waals surface area (Å²) < 4.78 is 0. The standard InChI is InChI=1S/C23H29N5/c1-2-4-20(5-3-1)21-16-24-26-22(25-21)27-6-8-28(9-7-27)23-13-17-10-18(14-23)12-19(11-17)15-23/h1-5,16-19H,6-15H2. The second-order valence-corrected chi connectivity index (χ2v) is 9.62. The third kappa shape index (κ3) is 2.83. The first-order valence-corrected chi connectivity index (χ1v) is 11.0. The summed E-state index contributed by atoms with van der Waals surface area (Å²) in [5.41, 5.74) is 2.53. The summed E-state index contributed by atoms with van der Waals surface area (Å²) in [5.74, 6) is 3.82. The van der Waals surface area contributed by atoms with E-state index in [1.807, 2.05) is 18.2 Å². The first kappa shape index (κ1) is 16.9. The summed E-state index contributed by atoms with van der Waals surface area (Å²) in [6.07, 6.45) is 10.7. The fraction of sp³-hybridized carbons (Fsp3) is 0.609. The SMILES string of the molecule is c1ccc(-c2cnnc(N3CCN(C45CC6CC(CC(C6)C4)C5)CC3)n2)cc1. The Labute approximate surface area is 167 Å². The highest BCUT2D eigenvalue weighted by Gasteiger charge is 2.53. The highest BCUT2D eigenvalue weighted by Crippen LogP contribution is 2.57. The molecule has 7 rings (SSSR count). The molecule has 4 bridgehead atoms. The van der Waals surface area contributed by atoms with E-state index in [9.17, 15) is 0 Å². The molecule has 28 heavy (non-hydrogen) atoms. The van der Waals surface area contributed by atoms with Crippen LogP contribution in [-0.4, -0.2) is 51.8 Å². The topological polar surface area (TPSA) is 45.2 Å². The van der Waals surface area contributed by atoms with Gasteiger partial charge >= 0.3 is 0 Å². The molecule has 1 aliphatic heterocycles. The van der Waals surface area contributed by atoms with Gasteiger partial charge in [0.25, 0.3) is 0 Å². The van der Waals surface area contributed by atoms with E-state index in [0.29, 0.717) is 5.54 Å². The van der Waals surface area contributed by atoms with Crippen LogP contribution in [0.25, 0.3) is 11.3 Å². The molecule has 2 aromatic rings. The Bertz CT molecular complexity index is 808. The first-order chi connectivity index (χ1) is 13.8. The Morgan fingerprint density at radius 3 is 2.11 bits per heavy atom. The molecule has 0 N–H and O–H groups in total. The maximum atomic E-state index is 4.82. The van der Waals surface area contributed by atoms with Gasteiger partial charge in [-0.1, -0.05) is 30.3 Å². The van der Waals surface area contributed by atoms with Crippen molar-refractivity contribution < 1.29 is 0 Å². The van der Waals surface area contributed by atoms with Crippen molar-refractivity contribution >= 4 is 5.95 Å². The maximum Gasteiger partial charge on any atom is 0.245 e. The van der Waals surface area contributed by atoms with Crippen LogP contribution < -0.4 is 4.90 Å². The number of hydrogen-bond donors (Lipinski definition) is 0. The zero-order chi connectivity index (χ0) is 18.6. The molecule has 146 valence electrons. The molecule has 0 unspecified atom stereocenters. The van der Waals surface area contributed by atoms with Crippen molar-refractivity contribution in [2.75, 3.05) is 31.1 Å². The molecular weight excluding hydrogens is 346 g/mol. The number of nitrogens with zero attached hydrogens (tertiary/aromatic N) is 5. The van der Waals surface area contributed by atoms with Crippen LogP contribution in [0.3, 0.4) is 0 Å². The molecule has 0 amide bonds. The third-order valence-corrected chi connectivity index (χ3v) is 7.86. The van der Waals surface area contributed by atoms with Gasteiger partial charge in [-0.15, -0.1) is 5.10 Å². The van der Waals surface area contributed by atoms with Crippen LogP contribution in [-0.2, 0) is 0 Å². The van der Waals surface area contributed by atoms with Crippen molar-refractivity contribution in [2.45, 2.75) is 44.1 Å². The predicted octanol–water partition coefficient (Wildman–Crippen LogP) is 3.63. The van der Waals surface area contributed by atoms with E-state index < -0.39 is 0 Å². The molecule has 5 aliphatic rings. The Balaban J connectivity index is 1.17. The summed E-state index contributed by atoms with van der Waals surface area (Å²) in [6.45, 7) is 4.32. The zero-order valence-corrected chi connectivity index (χ0v) is 16.5. The van der Waals surface area contributed by atoms with Crippen molar-refractivity contribution in [2.24, 2.45) is 17.8 Å². The van der Waals surface area contributed by atoms with Gasteiger partial charge in [0, 0.05) is 37.3 Å². The molecule has 1 saturated heterocycles. The van der Waals surface area contributed by atoms with Gasteiger partial charge in [0.1, 0.15) is 0 Å². The van der Waals surface area contributed by atoms with Crippen molar-refractivity contribution in [3.05, 3.63) is 36.5 Å². The summed E-state index contributed by atoms with van der Waals surface area (Å²) in [7, 11) is 0. The van der Waals surface area contributed by atoms with Crippen molar-refractivity contribution in [1.82, 2.24) is 20.1 Å². The molecule has 5 heteroatoms.